The van der Waals surface area contributed by atoms with E-state index in [9.17, 15) is 32.7 Å². The second kappa shape index (κ2) is 9.17. The Morgan fingerprint density at radius 3 is 2.30 bits per heavy atom. The molecule has 2 amide bonds. The average Bonchev–Trinajstić information content (AvgIpc) is 3.38. The van der Waals surface area contributed by atoms with Crippen LogP contribution < -0.4 is 5.32 Å². The molecule has 1 aliphatic heterocycles. The number of hydrogen-bond donors (Lipinski definition) is 2. The molecular weight excluding hydrogens is 457 g/mol. The second-order valence-electron chi connectivity index (χ2n) is 8.57. The van der Waals surface area contributed by atoms with Gasteiger partial charge >= 0.3 is 12.1 Å². The Hall–Kier alpha value is -2.88. The highest BCUT2D eigenvalue weighted by Crippen LogP contribution is 2.51. The lowest BCUT2D eigenvalue weighted by atomic mass is 9.82. The van der Waals surface area contributed by atoms with Gasteiger partial charge < -0.3 is 15.3 Å². The van der Waals surface area contributed by atoms with Gasteiger partial charge in [0, 0.05) is 17.5 Å². The van der Waals surface area contributed by atoms with Crippen LogP contribution in [0, 0.1) is 11.8 Å². The van der Waals surface area contributed by atoms with E-state index >= 15 is 0 Å². The van der Waals surface area contributed by atoms with Crippen molar-refractivity contribution in [1.82, 2.24) is 10.2 Å². The van der Waals surface area contributed by atoms with Crippen LogP contribution in [0.2, 0.25) is 0 Å². The maximum absolute atomic E-state index is 13.8. The largest absolute Gasteiger partial charge is 0.481 e. The van der Waals surface area contributed by atoms with E-state index in [2.05, 4.69) is 5.32 Å². The van der Waals surface area contributed by atoms with Gasteiger partial charge in [0.25, 0.3) is 5.91 Å². The summed E-state index contributed by atoms with van der Waals surface area (Å²) in [6.45, 7) is 3.72. The van der Waals surface area contributed by atoms with Crippen molar-refractivity contribution >= 4 is 29.1 Å². The molecule has 0 spiro atoms. The normalized spacial score (nSPS) is 23.1. The molecular formula is C23H25F3N2O4S. The number of rotatable bonds is 6. The third-order valence-corrected chi connectivity index (χ3v) is 6.85. The monoisotopic (exact) mass is 482 g/mol. The number of aliphatic carboxylic acids is 1. The zero-order valence-corrected chi connectivity index (χ0v) is 19.2. The van der Waals surface area contributed by atoms with Crippen molar-refractivity contribution in [2.24, 2.45) is 11.8 Å². The number of likely N-dealkylation sites (N-methyl/N-ethyl adjacent to an activating group) is 1. The molecule has 0 aliphatic carbocycles. The summed E-state index contributed by atoms with van der Waals surface area (Å²) in [7, 11) is 1.42. The summed E-state index contributed by atoms with van der Waals surface area (Å²) in [4.78, 5) is 41.2. The molecule has 3 rings (SSSR count). The summed E-state index contributed by atoms with van der Waals surface area (Å²) in [6.07, 6.45) is -4.47. The van der Waals surface area contributed by atoms with Gasteiger partial charge in [0.15, 0.2) is 0 Å². The van der Waals surface area contributed by atoms with E-state index in [4.69, 9.17) is 0 Å². The fraction of sp³-hybridized carbons (Fsp3) is 0.435. The Morgan fingerprint density at radius 2 is 1.85 bits per heavy atom. The number of hydrogen-bond acceptors (Lipinski definition) is 4. The number of carbonyl (C=O) groups excluding carboxylic acids is 2. The third kappa shape index (κ3) is 4.62. The van der Waals surface area contributed by atoms with Gasteiger partial charge in [0.05, 0.1) is 17.5 Å². The van der Waals surface area contributed by atoms with Crippen molar-refractivity contribution in [1.29, 1.82) is 0 Å². The lowest BCUT2D eigenvalue weighted by Crippen LogP contribution is -2.57. The minimum Gasteiger partial charge on any atom is -0.481 e. The fourth-order valence-electron chi connectivity index (χ4n) is 4.67. The highest BCUT2D eigenvalue weighted by molar-refractivity contribution is 7.10. The first-order chi connectivity index (χ1) is 15.4. The minimum atomic E-state index is -4.56. The highest BCUT2D eigenvalue weighted by atomic mass is 32.1. The zero-order chi connectivity index (χ0) is 24.6. The Labute approximate surface area is 193 Å². The molecule has 2 heterocycles. The van der Waals surface area contributed by atoms with Crippen molar-refractivity contribution in [3.63, 3.8) is 0 Å². The van der Waals surface area contributed by atoms with Crippen LogP contribution in [0.1, 0.15) is 53.5 Å². The second-order valence-corrected chi connectivity index (χ2v) is 9.55. The molecule has 33 heavy (non-hydrogen) atoms. The lowest BCUT2D eigenvalue weighted by Gasteiger charge is -2.40. The van der Waals surface area contributed by atoms with Crippen LogP contribution in [-0.4, -0.2) is 40.4 Å². The van der Waals surface area contributed by atoms with Crippen molar-refractivity contribution in [2.75, 3.05) is 7.05 Å². The molecule has 1 fully saturated rings. The van der Waals surface area contributed by atoms with Crippen LogP contribution in [0.4, 0.5) is 13.2 Å². The van der Waals surface area contributed by atoms with Crippen LogP contribution in [0.25, 0.3) is 0 Å². The van der Waals surface area contributed by atoms with Gasteiger partial charge in [-0.25, -0.2) is 0 Å². The average molecular weight is 483 g/mol. The van der Waals surface area contributed by atoms with E-state index in [1.54, 1.807) is 17.5 Å². The first kappa shape index (κ1) is 24.8. The van der Waals surface area contributed by atoms with Crippen LogP contribution in [0.3, 0.4) is 0 Å². The Kier molecular flexibility index (Phi) is 6.88. The van der Waals surface area contributed by atoms with E-state index in [0.717, 1.165) is 24.3 Å². The summed E-state index contributed by atoms with van der Waals surface area (Å²) < 4.78 is 39.0. The molecule has 3 atom stereocenters. The number of carbonyl (C=O) groups is 3. The van der Waals surface area contributed by atoms with Gasteiger partial charge in [-0.2, -0.15) is 13.2 Å². The molecule has 0 unspecified atom stereocenters. The molecule has 2 aromatic rings. The van der Waals surface area contributed by atoms with Crippen molar-refractivity contribution < 1.29 is 32.7 Å². The molecule has 1 aliphatic rings. The number of likely N-dealkylation sites (tertiary alicyclic amines) is 1. The first-order valence-electron chi connectivity index (χ1n) is 10.4. The van der Waals surface area contributed by atoms with Crippen molar-refractivity contribution in [3.05, 3.63) is 57.8 Å². The molecule has 0 bridgehead atoms. The number of nitrogens with zero attached hydrogens (tertiary/aromatic N) is 1. The molecule has 0 radical (unpaired) electrons. The molecule has 1 aromatic heterocycles. The Balaban J connectivity index is 2.19. The predicted molar refractivity (Wildman–Crippen MR) is 117 cm³/mol. The quantitative estimate of drug-likeness (QED) is 0.631. The minimum absolute atomic E-state index is 0.0485. The number of alkyl halides is 3. The highest BCUT2D eigenvalue weighted by Gasteiger charge is 2.60. The predicted octanol–water partition coefficient (Wildman–Crippen LogP) is 4.59. The van der Waals surface area contributed by atoms with Gasteiger partial charge in [0.1, 0.15) is 5.54 Å². The van der Waals surface area contributed by atoms with Crippen LogP contribution in [0.15, 0.2) is 41.8 Å². The van der Waals surface area contributed by atoms with E-state index in [1.165, 1.54) is 23.3 Å². The number of amides is 2. The van der Waals surface area contributed by atoms with Crippen LogP contribution in [-0.2, 0) is 15.8 Å². The topological polar surface area (TPSA) is 86.7 Å². The van der Waals surface area contributed by atoms with E-state index < -0.39 is 47.0 Å². The number of benzene rings is 1. The lowest BCUT2D eigenvalue weighted by molar-refractivity contribution is -0.142. The van der Waals surface area contributed by atoms with Crippen molar-refractivity contribution in [2.45, 2.75) is 44.4 Å². The van der Waals surface area contributed by atoms with Gasteiger partial charge in [-0.3, -0.25) is 14.4 Å². The fourth-order valence-corrected chi connectivity index (χ4v) is 5.55. The molecule has 2 N–H and O–H groups in total. The van der Waals surface area contributed by atoms with Gasteiger partial charge in [-0.1, -0.05) is 19.9 Å². The molecule has 6 nitrogen and oxygen atoms in total. The SMILES string of the molecule is CNC(=O)[C@]1(CC(C)C)C[C@H](C(=O)O)[C@H](c2cccs2)N1C(=O)c1ccc(C(F)(F)F)cc1. The first-order valence-corrected chi connectivity index (χ1v) is 11.3. The van der Waals surface area contributed by atoms with Gasteiger partial charge in [-0.15, -0.1) is 11.3 Å². The summed E-state index contributed by atoms with van der Waals surface area (Å²) in [5.74, 6) is -3.45. The maximum Gasteiger partial charge on any atom is 0.416 e. The third-order valence-electron chi connectivity index (χ3n) is 5.90. The number of carboxylic acids is 1. The van der Waals surface area contributed by atoms with Crippen molar-refractivity contribution in [3.8, 4) is 0 Å². The molecule has 1 saturated heterocycles. The number of halogens is 3. The van der Waals surface area contributed by atoms with Gasteiger partial charge in [-0.05, 0) is 54.5 Å². The summed E-state index contributed by atoms with van der Waals surface area (Å²) in [5, 5.41) is 14.3. The number of carboxylic acid groups (broad SMARTS) is 1. The smallest absolute Gasteiger partial charge is 0.416 e. The van der Waals surface area contributed by atoms with E-state index in [-0.39, 0.29) is 24.3 Å². The molecule has 10 heteroatoms. The molecule has 178 valence electrons. The van der Waals surface area contributed by atoms with Crippen LogP contribution >= 0.6 is 11.3 Å². The number of nitrogens with one attached hydrogen (secondary N) is 1. The van der Waals surface area contributed by atoms with Crippen LogP contribution in [0.5, 0.6) is 0 Å². The summed E-state index contributed by atoms with van der Waals surface area (Å²) in [5.41, 5.74) is -2.42. The molecule has 1 aromatic carbocycles. The van der Waals surface area contributed by atoms with E-state index in [1.807, 2.05) is 13.8 Å². The zero-order valence-electron chi connectivity index (χ0n) is 18.3. The summed E-state index contributed by atoms with van der Waals surface area (Å²) in [6, 6.07) is 6.23. The Morgan fingerprint density at radius 1 is 1.21 bits per heavy atom. The van der Waals surface area contributed by atoms with E-state index in [0.29, 0.717) is 4.88 Å². The summed E-state index contributed by atoms with van der Waals surface area (Å²) >= 11 is 1.26. The number of thiophene rings is 1. The Bertz CT molecular complexity index is 1020. The van der Waals surface area contributed by atoms with Gasteiger partial charge in [0.2, 0.25) is 5.91 Å². The molecule has 0 saturated carbocycles. The maximum atomic E-state index is 13.8. The standard InChI is InChI=1S/C23H25F3N2O4S/c1-13(2)11-22(21(32)27-3)12-16(20(30)31)18(17-5-4-10-33-17)28(22)19(29)14-6-8-15(9-7-14)23(24,25)26/h4-10,13,16,18H,11-12H2,1-3H3,(H,27,32)(H,30,31)/t16-,18+,22-/m0/s1.